The van der Waals surface area contributed by atoms with Crippen LogP contribution in [-0.4, -0.2) is 65.2 Å². The van der Waals surface area contributed by atoms with E-state index < -0.39 is 6.10 Å². The number of nitrogens with one attached hydrogen (secondary N) is 1. The van der Waals surface area contributed by atoms with Gasteiger partial charge < -0.3 is 25.2 Å². The lowest BCUT2D eigenvalue weighted by Gasteiger charge is -2.34. The number of anilines is 1. The van der Waals surface area contributed by atoms with Crippen molar-refractivity contribution in [2.45, 2.75) is 44.2 Å². The zero-order valence-electron chi connectivity index (χ0n) is 20.3. The van der Waals surface area contributed by atoms with E-state index in [4.69, 9.17) is 4.74 Å². The second-order valence-corrected chi connectivity index (χ2v) is 10.5. The van der Waals surface area contributed by atoms with Crippen molar-refractivity contribution < 1.29 is 19.3 Å². The lowest BCUT2D eigenvalue weighted by Crippen LogP contribution is -2.45. The van der Waals surface area contributed by atoms with Crippen molar-refractivity contribution in [3.63, 3.8) is 0 Å². The lowest BCUT2D eigenvalue weighted by atomic mass is 9.96. The number of hydrogen-bond acceptors (Lipinski definition) is 8. The summed E-state index contributed by atoms with van der Waals surface area (Å²) in [6.45, 7) is 2.51. The third kappa shape index (κ3) is 5.86. The van der Waals surface area contributed by atoms with E-state index in [-0.39, 0.29) is 25.0 Å². The minimum Gasteiger partial charge on any atom is -0.491 e. The summed E-state index contributed by atoms with van der Waals surface area (Å²) in [5.74, 6) is 1.68. The van der Waals surface area contributed by atoms with Gasteiger partial charge in [0.15, 0.2) is 0 Å². The molecule has 2 aliphatic carbocycles. The van der Waals surface area contributed by atoms with Crippen LogP contribution in [0.2, 0.25) is 0 Å². The Morgan fingerprint density at radius 2 is 2.08 bits per heavy atom. The highest BCUT2D eigenvalue weighted by atomic mass is 32.1. The molecule has 0 bridgehead atoms. The van der Waals surface area contributed by atoms with E-state index in [1.165, 1.54) is 0 Å². The molecule has 5 rings (SSSR count). The molecule has 0 saturated carbocycles. The zero-order chi connectivity index (χ0) is 24.9. The van der Waals surface area contributed by atoms with Crippen LogP contribution in [0.25, 0.3) is 15.8 Å². The van der Waals surface area contributed by atoms with Crippen LogP contribution in [0.1, 0.15) is 37.7 Å². The standard InChI is InChI=1S/C27H33FN4O3S/c28-20-6-4-19(5-7-20)24-16-36-27-25(24)26(30-17-31-27)32-10-8-21(9-11-32)29-13-22(34)15-35-23-3-1-2-18(12-23)14-33/h1,3-4,6,12,16-18,21-22,29,33-34H,2,5,7-11,13-15H2. The van der Waals surface area contributed by atoms with Gasteiger partial charge in [0.25, 0.3) is 0 Å². The molecular weight excluding hydrogens is 479 g/mol. The van der Waals surface area contributed by atoms with E-state index in [1.54, 1.807) is 23.7 Å². The van der Waals surface area contributed by atoms with Gasteiger partial charge in [-0.3, -0.25) is 0 Å². The molecule has 1 saturated heterocycles. The average Bonchev–Trinajstić information content (AvgIpc) is 3.36. The fourth-order valence-electron chi connectivity index (χ4n) is 4.96. The lowest BCUT2D eigenvalue weighted by molar-refractivity contribution is 0.0710. The van der Waals surface area contributed by atoms with Gasteiger partial charge >= 0.3 is 0 Å². The van der Waals surface area contributed by atoms with Crippen LogP contribution in [0.3, 0.4) is 0 Å². The number of thiophene rings is 1. The summed E-state index contributed by atoms with van der Waals surface area (Å²) in [6, 6.07) is 0.317. The van der Waals surface area contributed by atoms with Crippen LogP contribution in [0.5, 0.6) is 0 Å². The fraction of sp³-hybridized carbons (Fsp3) is 0.481. The maximum atomic E-state index is 13.5. The minimum atomic E-state index is -0.607. The summed E-state index contributed by atoms with van der Waals surface area (Å²) in [7, 11) is 0. The Morgan fingerprint density at radius 3 is 2.86 bits per heavy atom. The highest BCUT2D eigenvalue weighted by Gasteiger charge is 2.25. The number of halogens is 1. The number of allylic oxidation sites excluding steroid dienone is 6. The van der Waals surface area contributed by atoms with E-state index in [0.717, 1.165) is 59.5 Å². The molecule has 9 heteroatoms. The second-order valence-electron chi connectivity index (χ2n) is 9.62. The number of aromatic nitrogens is 2. The maximum Gasteiger partial charge on any atom is 0.141 e. The van der Waals surface area contributed by atoms with Crippen LogP contribution in [0.4, 0.5) is 10.2 Å². The van der Waals surface area contributed by atoms with Gasteiger partial charge in [0.2, 0.25) is 0 Å². The van der Waals surface area contributed by atoms with Crippen molar-refractivity contribution in [2.75, 3.05) is 37.7 Å². The first kappa shape index (κ1) is 25.1. The number of aliphatic hydroxyl groups excluding tert-OH is 2. The average molecular weight is 513 g/mol. The van der Waals surface area contributed by atoms with Crippen LogP contribution in [0, 0.1) is 5.92 Å². The topological polar surface area (TPSA) is 90.7 Å². The molecule has 2 atom stereocenters. The van der Waals surface area contributed by atoms with E-state index in [0.29, 0.717) is 31.2 Å². The highest BCUT2D eigenvalue weighted by molar-refractivity contribution is 7.17. The number of hydrogen-bond donors (Lipinski definition) is 3. The first-order valence-electron chi connectivity index (χ1n) is 12.7. The summed E-state index contributed by atoms with van der Waals surface area (Å²) in [5, 5.41) is 26.4. The molecule has 2 unspecified atom stereocenters. The molecule has 2 aromatic heterocycles. The van der Waals surface area contributed by atoms with Crippen molar-refractivity contribution in [3.05, 3.63) is 59.2 Å². The molecule has 0 aromatic carbocycles. The van der Waals surface area contributed by atoms with Gasteiger partial charge in [0.1, 0.15) is 41.3 Å². The predicted octanol–water partition coefficient (Wildman–Crippen LogP) is 4.11. The zero-order valence-corrected chi connectivity index (χ0v) is 21.1. The number of rotatable bonds is 9. The Hall–Kier alpha value is -2.59. The molecule has 3 aliphatic rings. The van der Waals surface area contributed by atoms with Gasteiger partial charge in [-0.1, -0.05) is 12.2 Å². The van der Waals surface area contributed by atoms with Crippen molar-refractivity contribution in [2.24, 2.45) is 5.92 Å². The molecule has 2 aromatic rings. The number of aliphatic hydroxyl groups is 2. The molecule has 7 nitrogen and oxygen atoms in total. The third-order valence-electron chi connectivity index (χ3n) is 7.03. The number of piperidine rings is 1. The number of fused-ring (bicyclic) bond motifs is 1. The van der Waals surface area contributed by atoms with Gasteiger partial charge in [-0.25, -0.2) is 14.4 Å². The Bertz CT molecular complexity index is 1180. The molecule has 36 heavy (non-hydrogen) atoms. The molecule has 192 valence electrons. The van der Waals surface area contributed by atoms with Crippen molar-refractivity contribution in [1.29, 1.82) is 0 Å². The van der Waals surface area contributed by atoms with Gasteiger partial charge in [-0.2, -0.15) is 0 Å². The fourth-order valence-corrected chi connectivity index (χ4v) is 5.89. The molecule has 1 fully saturated rings. The predicted molar refractivity (Wildman–Crippen MR) is 141 cm³/mol. The van der Waals surface area contributed by atoms with Gasteiger partial charge in [-0.05, 0) is 49.5 Å². The summed E-state index contributed by atoms with van der Waals surface area (Å²) >= 11 is 1.61. The summed E-state index contributed by atoms with van der Waals surface area (Å²) in [6.07, 6.45) is 14.1. The SMILES string of the molecule is OCC1C=C(OCC(O)CNC2CCN(c3ncnc4scc(C5=CC=C(F)CC5)c34)CC2)C=CC1. The van der Waals surface area contributed by atoms with Gasteiger partial charge in [-0.15, -0.1) is 11.3 Å². The summed E-state index contributed by atoms with van der Waals surface area (Å²) < 4.78 is 19.2. The quantitative estimate of drug-likeness (QED) is 0.466. The molecule has 0 amide bonds. The van der Waals surface area contributed by atoms with E-state index in [2.05, 4.69) is 25.6 Å². The molecule has 3 N–H and O–H groups in total. The van der Waals surface area contributed by atoms with E-state index in [1.807, 2.05) is 24.3 Å². The maximum absolute atomic E-state index is 13.5. The van der Waals surface area contributed by atoms with Crippen molar-refractivity contribution in [3.8, 4) is 0 Å². The monoisotopic (exact) mass is 512 g/mol. The normalized spacial score (nSPS) is 21.8. The van der Waals surface area contributed by atoms with Gasteiger partial charge in [0.05, 0.1) is 5.39 Å². The first-order valence-corrected chi connectivity index (χ1v) is 13.5. The smallest absolute Gasteiger partial charge is 0.141 e. The third-order valence-corrected chi connectivity index (χ3v) is 7.92. The Labute approximate surface area is 214 Å². The van der Waals surface area contributed by atoms with Gasteiger partial charge in [0, 0.05) is 55.6 Å². The van der Waals surface area contributed by atoms with Crippen LogP contribution in [0.15, 0.2) is 53.7 Å². The van der Waals surface area contributed by atoms with Crippen molar-refractivity contribution >= 4 is 32.9 Å². The van der Waals surface area contributed by atoms with Crippen LogP contribution >= 0.6 is 11.3 Å². The largest absolute Gasteiger partial charge is 0.491 e. The van der Waals surface area contributed by atoms with Crippen LogP contribution in [-0.2, 0) is 4.74 Å². The number of nitrogens with zero attached hydrogens (tertiary/aromatic N) is 3. The minimum absolute atomic E-state index is 0.0701. The first-order chi connectivity index (χ1) is 17.6. The number of ether oxygens (including phenoxy) is 1. The molecular formula is C27H33FN4O3S. The van der Waals surface area contributed by atoms with Crippen LogP contribution < -0.4 is 10.2 Å². The Balaban J connectivity index is 1.15. The molecule has 1 aliphatic heterocycles. The summed E-state index contributed by atoms with van der Waals surface area (Å²) in [4.78, 5) is 12.4. The summed E-state index contributed by atoms with van der Waals surface area (Å²) in [5.41, 5.74) is 2.25. The van der Waals surface area contributed by atoms with Crippen molar-refractivity contribution in [1.82, 2.24) is 15.3 Å². The van der Waals surface area contributed by atoms with E-state index >= 15 is 0 Å². The Kier molecular flexibility index (Phi) is 8.11. The second kappa shape index (κ2) is 11.6. The van der Waals surface area contributed by atoms with E-state index in [9.17, 15) is 14.6 Å². The highest BCUT2D eigenvalue weighted by Crippen LogP contribution is 2.39. The molecule has 0 spiro atoms. The molecule has 3 heterocycles. The molecule has 0 radical (unpaired) electrons. The Morgan fingerprint density at radius 1 is 1.22 bits per heavy atom.